The monoisotopic (exact) mass is 600 g/mol. The highest BCUT2D eigenvalue weighted by Gasteiger charge is 2.42. The van der Waals surface area contributed by atoms with E-state index in [9.17, 15) is 18.6 Å². The van der Waals surface area contributed by atoms with Crippen LogP contribution < -0.4 is 10.1 Å². The number of anilines is 1. The van der Waals surface area contributed by atoms with Crippen molar-refractivity contribution in [1.82, 2.24) is 8.96 Å². The average Bonchev–Trinajstić information content (AvgIpc) is 3.37. The standard InChI is InChI=1S/C28H26F2N4O7S/c1-27(13-35)12-32-26(40-14-27)33-17-9-20(29)24(21(30)10-17)41-22-7-8-31-25-23(22)19(28(36)15-39-16-28)11-34(25)42(37,38)18-5-3-2-4-6-18/h2-11,35-36H,12-16H2,1H3,(H,32,33). The molecule has 0 spiro atoms. The van der Waals surface area contributed by atoms with Gasteiger partial charge in [0.15, 0.2) is 23.0 Å². The molecule has 2 aliphatic rings. The lowest BCUT2D eigenvalue weighted by molar-refractivity contribution is -0.183. The molecule has 4 heterocycles. The van der Waals surface area contributed by atoms with Gasteiger partial charge in [0.2, 0.25) is 0 Å². The number of nitrogens with one attached hydrogen (secondary N) is 1. The summed E-state index contributed by atoms with van der Waals surface area (Å²) in [6, 6.07) is 11.0. The largest absolute Gasteiger partial charge is 0.464 e. The number of aliphatic hydroxyl groups excluding tert-OH is 1. The number of pyridine rings is 1. The lowest BCUT2D eigenvalue weighted by Gasteiger charge is -2.36. The van der Waals surface area contributed by atoms with E-state index in [1.165, 1.54) is 30.6 Å². The van der Waals surface area contributed by atoms with Crippen LogP contribution in [-0.2, 0) is 25.1 Å². The zero-order chi connectivity index (χ0) is 29.7. The van der Waals surface area contributed by atoms with Crippen molar-refractivity contribution in [3.63, 3.8) is 0 Å². The first-order valence-corrected chi connectivity index (χ1v) is 14.3. The second-order valence-electron chi connectivity index (χ2n) is 10.6. The highest BCUT2D eigenvalue weighted by molar-refractivity contribution is 7.90. The number of benzene rings is 2. The maximum absolute atomic E-state index is 15.3. The van der Waals surface area contributed by atoms with E-state index in [0.29, 0.717) is 0 Å². The summed E-state index contributed by atoms with van der Waals surface area (Å²) in [5.74, 6) is -3.02. The van der Waals surface area contributed by atoms with Crippen LogP contribution in [-0.4, -0.2) is 66.6 Å². The van der Waals surface area contributed by atoms with Crippen LogP contribution in [0.1, 0.15) is 12.5 Å². The van der Waals surface area contributed by atoms with E-state index < -0.39 is 38.4 Å². The molecular weight excluding hydrogens is 574 g/mol. The number of aliphatic hydroxyl groups is 2. The molecule has 4 aromatic rings. The molecule has 220 valence electrons. The number of fused-ring (bicyclic) bond motifs is 1. The zero-order valence-corrected chi connectivity index (χ0v) is 23.1. The van der Waals surface area contributed by atoms with E-state index >= 15 is 8.78 Å². The maximum atomic E-state index is 15.3. The van der Waals surface area contributed by atoms with Gasteiger partial charge in [-0.15, -0.1) is 0 Å². The van der Waals surface area contributed by atoms with Gasteiger partial charge in [0.05, 0.1) is 36.6 Å². The van der Waals surface area contributed by atoms with Gasteiger partial charge in [-0.25, -0.2) is 31.1 Å². The van der Waals surface area contributed by atoms with E-state index in [2.05, 4.69) is 15.3 Å². The summed E-state index contributed by atoms with van der Waals surface area (Å²) < 4.78 is 74.8. The maximum Gasteiger partial charge on any atom is 0.289 e. The second kappa shape index (κ2) is 10.3. The van der Waals surface area contributed by atoms with Gasteiger partial charge in [0, 0.05) is 41.2 Å². The van der Waals surface area contributed by atoms with Crippen molar-refractivity contribution < 1.29 is 41.6 Å². The molecule has 1 saturated heterocycles. The number of ether oxygens (including phenoxy) is 3. The first kappa shape index (κ1) is 28.0. The van der Waals surface area contributed by atoms with Crippen LogP contribution in [0.15, 0.2) is 70.8 Å². The molecule has 0 amide bonds. The van der Waals surface area contributed by atoms with Crippen molar-refractivity contribution in [2.24, 2.45) is 10.4 Å². The van der Waals surface area contributed by atoms with Gasteiger partial charge >= 0.3 is 0 Å². The fraction of sp³-hybridized carbons (Fsp3) is 0.286. The molecule has 2 aromatic carbocycles. The molecule has 6 rings (SSSR count). The van der Waals surface area contributed by atoms with Crippen molar-refractivity contribution in [3.05, 3.63) is 78.1 Å². The van der Waals surface area contributed by atoms with E-state index in [0.717, 1.165) is 16.1 Å². The third kappa shape index (κ3) is 4.85. The van der Waals surface area contributed by atoms with Gasteiger partial charge in [-0.3, -0.25) is 0 Å². The Bertz CT molecular complexity index is 1790. The normalized spacial score (nSPS) is 20.0. The van der Waals surface area contributed by atoms with Crippen LogP contribution in [0.25, 0.3) is 11.0 Å². The van der Waals surface area contributed by atoms with Crippen LogP contribution in [0.5, 0.6) is 11.5 Å². The Hall–Kier alpha value is -4.11. The van der Waals surface area contributed by atoms with Gasteiger partial charge in [-0.1, -0.05) is 25.1 Å². The summed E-state index contributed by atoms with van der Waals surface area (Å²) in [7, 11) is -4.17. The summed E-state index contributed by atoms with van der Waals surface area (Å²) in [5.41, 5.74) is -2.10. The first-order valence-electron chi connectivity index (χ1n) is 12.9. The van der Waals surface area contributed by atoms with E-state index in [1.54, 1.807) is 25.1 Å². The summed E-state index contributed by atoms with van der Waals surface area (Å²) in [5, 5.41) is 23.4. The summed E-state index contributed by atoms with van der Waals surface area (Å²) in [6.07, 6.45) is 2.46. The molecule has 11 nitrogen and oxygen atoms in total. The Kier molecular flexibility index (Phi) is 6.88. The van der Waals surface area contributed by atoms with E-state index in [1.807, 2.05) is 0 Å². The molecular formula is C28H26F2N4O7S. The van der Waals surface area contributed by atoms with Gasteiger partial charge in [-0.2, -0.15) is 0 Å². The Balaban J connectivity index is 1.38. The van der Waals surface area contributed by atoms with Crippen LogP contribution in [0.4, 0.5) is 14.5 Å². The Labute approximate surface area is 239 Å². The van der Waals surface area contributed by atoms with Crippen molar-refractivity contribution in [3.8, 4) is 11.5 Å². The number of aliphatic imine (C=N–C) groups is 1. The molecule has 1 fully saturated rings. The highest BCUT2D eigenvalue weighted by atomic mass is 32.2. The minimum absolute atomic E-state index is 0.00491. The van der Waals surface area contributed by atoms with Gasteiger partial charge < -0.3 is 29.7 Å². The summed E-state index contributed by atoms with van der Waals surface area (Å²) in [6.45, 7) is 1.84. The first-order chi connectivity index (χ1) is 20.0. The minimum Gasteiger partial charge on any atom is -0.464 e. The van der Waals surface area contributed by atoms with E-state index in [4.69, 9.17) is 14.2 Å². The molecule has 2 aromatic heterocycles. The van der Waals surface area contributed by atoms with Crippen LogP contribution in [0, 0.1) is 17.0 Å². The average molecular weight is 601 g/mol. The topological polar surface area (TPSA) is 144 Å². The number of rotatable bonds is 7. The van der Waals surface area contributed by atoms with Crippen LogP contribution in [0.2, 0.25) is 0 Å². The van der Waals surface area contributed by atoms with Crippen molar-refractivity contribution in [2.75, 3.05) is 38.3 Å². The lowest BCUT2D eigenvalue weighted by atomic mass is 9.92. The third-order valence-corrected chi connectivity index (χ3v) is 8.77. The van der Waals surface area contributed by atoms with Crippen molar-refractivity contribution in [1.29, 1.82) is 0 Å². The number of amidine groups is 1. The van der Waals surface area contributed by atoms with Crippen molar-refractivity contribution in [2.45, 2.75) is 17.4 Å². The molecule has 3 N–H and O–H groups in total. The summed E-state index contributed by atoms with van der Waals surface area (Å²) in [4.78, 5) is 8.38. The fourth-order valence-electron chi connectivity index (χ4n) is 4.61. The molecule has 2 aliphatic heterocycles. The van der Waals surface area contributed by atoms with Gasteiger partial charge in [-0.05, 0) is 18.2 Å². The molecule has 0 bridgehead atoms. The Morgan fingerprint density at radius 3 is 2.43 bits per heavy atom. The molecule has 0 saturated carbocycles. The minimum atomic E-state index is -4.17. The second-order valence-corrected chi connectivity index (χ2v) is 12.4. The molecule has 0 aliphatic carbocycles. The predicted octanol–water partition coefficient (Wildman–Crippen LogP) is 3.36. The molecule has 42 heavy (non-hydrogen) atoms. The summed E-state index contributed by atoms with van der Waals surface area (Å²) >= 11 is 0. The fourth-order valence-corrected chi connectivity index (χ4v) is 5.94. The van der Waals surface area contributed by atoms with Gasteiger partial charge in [0.1, 0.15) is 18.0 Å². The zero-order valence-electron chi connectivity index (χ0n) is 22.3. The number of halogens is 2. The number of hydrogen-bond donors (Lipinski definition) is 3. The lowest BCUT2D eigenvalue weighted by Crippen LogP contribution is -2.46. The molecule has 0 radical (unpaired) electrons. The van der Waals surface area contributed by atoms with Crippen molar-refractivity contribution >= 4 is 32.8 Å². The molecule has 1 unspecified atom stereocenters. The number of hydrogen-bond acceptors (Lipinski definition) is 10. The Morgan fingerprint density at radius 1 is 1.12 bits per heavy atom. The predicted molar refractivity (Wildman–Crippen MR) is 147 cm³/mol. The smallest absolute Gasteiger partial charge is 0.289 e. The van der Waals surface area contributed by atoms with Gasteiger partial charge in [0.25, 0.3) is 16.0 Å². The molecule has 1 atom stereocenters. The molecule has 14 heteroatoms. The quantitative estimate of drug-likeness (QED) is 0.291. The third-order valence-electron chi connectivity index (χ3n) is 7.11. The number of aromatic nitrogens is 2. The van der Waals surface area contributed by atoms with Crippen LogP contribution >= 0.6 is 0 Å². The SMILES string of the molecule is CC1(CO)CN=C(Nc2cc(F)c(Oc3ccnc4c3c(C3(O)COC3)cn4S(=O)(=O)c3ccccc3)c(F)c2)OC1. The van der Waals surface area contributed by atoms with E-state index in [-0.39, 0.29) is 71.9 Å². The highest BCUT2D eigenvalue weighted by Crippen LogP contribution is 2.42. The Morgan fingerprint density at radius 2 is 1.83 bits per heavy atom. The number of nitrogens with zero attached hydrogens (tertiary/aromatic N) is 3. The van der Waals surface area contributed by atoms with Crippen LogP contribution in [0.3, 0.4) is 0 Å².